The highest BCUT2D eigenvalue weighted by Crippen LogP contribution is 2.29. The zero-order valence-electron chi connectivity index (χ0n) is 15.7. The molecule has 29 heavy (non-hydrogen) atoms. The number of fused-ring (bicyclic) bond motifs is 1. The van der Waals surface area contributed by atoms with Gasteiger partial charge in [-0.05, 0) is 52.9 Å². The number of halogens is 1. The van der Waals surface area contributed by atoms with Crippen LogP contribution in [0.4, 0.5) is 0 Å². The molecule has 150 valence electrons. The Hall–Kier alpha value is -2.87. The predicted molar refractivity (Wildman–Crippen MR) is 110 cm³/mol. The summed E-state index contributed by atoms with van der Waals surface area (Å²) in [5, 5.41) is 10.1. The number of benzene rings is 1. The summed E-state index contributed by atoms with van der Waals surface area (Å²) in [7, 11) is 0. The van der Waals surface area contributed by atoms with E-state index in [1.54, 1.807) is 12.1 Å². The minimum atomic E-state index is -0.425. The van der Waals surface area contributed by atoms with Crippen LogP contribution in [0.2, 0.25) is 0 Å². The molecule has 1 unspecified atom stereocenters. The minimum absolute atomic E-state index is 0.0922. The molecule has 2 heterocycles. The number of nitrogens with one attached hydrogen (secondary N) is 2. The molecule has 2 amide bonds. The first-order valence-electron chi connectivity index (χ1n) is 9.51. The van der Waals surface area contributed by atoms with E-state index < -0.39 is 5.91 Å². The van der Waals surface area contributed by atoms with E-state index in [0.29, 0.717) is 11.2 Å². The van der Waals surface area contributed by atoms with Crippen LogP contribution in [0.3, 0.4) is 0 Å². The highest BCUT2D eigenvalue weighted by molar-refractivity contribution is 9.10. The standard InChI is InChI=1S/C21H21BrN4O3/c22-19-10-9-18(29-19)21(28)23-12-20(27)25-16-7-4-8-17-15(16)11-24-26(17)13-14-5-2-1-3-6-14/h1-3,5-6,9-11,16H,4,7-8,12-13H2,(H,23,28)(H,25,27). The molecule has 0 fully saturated rings. The average molecular weight is 457 g/mol. The maximum atomic E-state index is 12.4. The summed E-state index contributed by atoms with van der Waals surface area (Å²) in [6.45, 7) is 0.604. The zero-order chi connectivity index (χ0) is 20.2. The van der Waals surface area contributed by atoms with Gasteiger partial charge in [-0.25, -0.2) is 0 Å². The molecule has 0 bridgehead atoms. The van der Waals surface area contributed by atoms with E-state index in [-0.39, 0.29) is 24.3 Å². The summed E-state index contributed by atoms with van der Waals surface area (Å²) in [6.07, 6.45) is 4.63. The lowest BCUT2D eigenvalue weighted by Crippen LogP contribution is -2.39. The van der Waals surface area contributed by atoms with Gasteiger partial charge in [0, 0.05) is 11.3 Å². The van der Waals surface area contributed by atoms with Gasteiger partial charge in [0.15, 0.2) is 10.4 Å². The summed E-state index contributed by atoms with van der Waals surface area (Å²) in [5.74, 6) is -0.504. The predicted octanol–water partition coefficient (Wildman–Crippen LogP) is 3.21. The third-order valence-electron chi connectivity index (χ3n) is 4.98. The Morgan fingerprint density at radius 1 is 1.21 bits per heavy atom. The van der Waals surface area contributed by atoms with E-state index in [1.807, 2.05) is 29.1 Å². The van der Waals surface area contributed by atoms with Crippen molar-refractivity contribution in [3.63, 3.8) is 0 Å². The number of amides is 2. The molecule has 1 aromatic carbocycles. The highest BCUT2D eigenvalue weighted by atomic mass is 79.9. The number of carbonyl (C=O) groups is 2. The molecule has 2 N–H and O–H groups in total. The van der Waals surface area contributed by atoms with Gasteiger partial charge >= 0.3 is 0 Å². The van der Waals surface area contributed by atoms with Crippen molar-refractivity contribution in [1.29, 1.82) is 0 Å². The van der Waals surface area contributed by atoms with Crippen LogP contribution in [-0.4, -0.2) is 28.1 Å². The quantitative estimate of drug-likeness (QED) is 0.595. The maximum Gasteiger partial charge on any atom is 0.287 e. The molecule has 4 rings (SSSR count). The third kappa shape index (κ3) is 4.59. The largest absolute Gasteiger partial charge is 0.444 e. The van der Waals surface area contributed by atoms with Crippen molar-refractivity contribution in [1.82, 2.24) is 20.4 Å². The molecule has 0 radical (unpaired) electrons. The minimum Gasteiger partial charge on any atom is -0.444 e. The van der Waals surface area contributed by atoms with Crippen molar-refractivity contribution in [2.75, 3.05) is 6.54 Å². The molecule has 7 nitrogen and oxygen atoms in total. The molecule has 2 aromatic heterocycles. The second-order valence-electron chi connectivity index (χ2n) is 6.99. The third-order valence-corrected chi connectivity index (χ3v) is 5.41. The van der Waals surface area contributed by atoms with Crippen LogP contribution in [0.5, 0.6) is 0 Å². The molecular formula is C21H21BrN4O3. The number of carbonyl (C=O) groups excluding carboxylic acids is 2. The molecular weight excluding hydrogens is 436 g/mol. The van der Waals surface area contributed by atoms with Crippen molar-refractivity contribution < 1.29 is 14.0 Å². The smallest absolute Gasteiger partial charge is 0.287 e. The van der Waals surface area contributed by atoms with Gasteiger partial charge in [0.25, 0.3) is 5.91 Å². The van der Waals surface area contributed by atoms with E-state index in [1.165, 1.54) is 5.56 Å². The summed E-state index contributed by atoms with van der Waals surface area (Å²) in [5.41, 5.74) is 3.41. The maximum absolute atomic E-state index is 12.4. The number of furan rings is 1. The lowest BCUT2D eigenvalue weighted by Gasteiger charge is -2.24. The van der Waals surface area contributed by atoms with Gasteiger partial charge in [0.2, 0.25) is 5.91 Å². The number of aromatic nitrogens is 2. The lowest BCUT2D eigenvalue weighted by atomic mass is 9.93. The van der Waals surface area contributed by atoms with Crippen molar-refractivity contribution in [2.45, 2.75) is 31.8 Å². The monoisotopic (exact) mass is 456 g/mol. The second-order valence-corrected chi connectivity index (χ2v) is 7.77. The van der Waals surface area contributed by atoms with Crippen LogP contribution in [0.25, 0.3) is 0 Å². The Labute approximate surface area is 176 Å². The molecule has 1 aliphatic rings. The summed E-state index contributed by atoms with van der Waals surface area (Å²) >= 11 is 3.15. The van der Waals surface area contributed by atoms with Crippen molar-refractivity contribution in [2.24, 2.45) is 0 Å². The molecule has 0 saturated heterocycles. The van der Waals surface area contributed by atoms with E-state index in [0.717, 1.165) is 30.5 Å². The van der Waals surface area contributed by atoms with Gasteiger partial charge in [-0.2, -0.15) is 5.10 Å². The SMILES string of the molecule is O=C(CNC(=O)c1ccc(Br)o1)NC1CCCc2c1cnn2Cc1ccccc1. The number of hydrogen-bond donors (Lipinski definition) is 2. The molecule has 0 saturated carbocycles. The van der Waals surface area contributed by atoms with Gasteiger partial charge in [-0.1, -0.05) is 30.3 Å². The number of rotatable bonds is 6. The van der Waals surface area contributed by atoms with E-state index in [9.17, 15) is 9.59 Å². The first-order valence-corrected chi connectivity index (χ1v) is 10.3. The van der Waals surface area contributed by atoms with E-state index in [2.05, 4.69) is 43.8 Å². The first kappa shape index (κ1) is 19.4. The molecule has 3 aromatic rings. The molecule has 0 spiro atoms. The summed E-state index contributed by atoms with van der Waals surface area (Å²) in [6, 6.07) is 13.3. The second kappa shape index (κ2) is 8.65. The van der Waals surface area contributed by atoms with E-state index >= 15 is 0 Å². The van der Waals surface area contributed by atoms with Crippen LogP contribution in [-0.2, 0) is 17.8 Å². The Bertz CT molecular complexity index is 1010. The fraction of sp³-hybridized carbons (Fsp3) is 0.286. The molecule has 8 heteroatoms. The van der Waals surface area contributed by atoms with Crippen LogP contribution < -0.4 is 10.6 Å². The van der Waals surface area contributed by atoms with Crippen molar-refractivity contribution in [3.8, 4) is 0 Å². The van der Waals surface area contributed by atoms with Gasteiger partial charge in [-0.15, -0.1) is 0 Å². The summed E-state index contributed by atoms with van der Waals surface area (Å²) < 4.78 is 7.67. The first-order chi connectivity index (χ1) is 14.1. The van der Waals surface area contributed by atoms with Gasteiger partial charge in [-0.3, -0.25) is 14.3 Å². The van der Waals surface area contributed by atoms with Gasteiger partial charge < -0.3 is 15.1 Å². The van der Waals surface area contributed by atoms with Gasteiger partial charge in [0.1, 0.15) is 0 Å². The molecule has 1 atom stereocenters. The van der Waals surface area contributed by atoms with Crippen LogP contribution in [0.1, 0.15) is 46.3 Å². The normalized spacial score (nSPS) is 15.6. The zero-order valence-corrected chi connectivity index (χ0v) is 17.3. The Balaban J connectivity index is 1.37. The van der Waals surface area contributed by atoms with Crippen LogP contribution in [0, 0.1) is 0 Å². The topological polar surface area (TPSA) is 89.2 Å². The molecule has 1 aliphatic carbocycles. The summed E-state index contributed by atoms with van der Waals surface area (Å²) in [4.78, 5) is 24.4. The average Bonchev–Trinajstić information content (AvgIpc) is 3.34. The van der Waals surface area contributed by atoms with Crippen molar-refractivity contribution in [3.05, 3.63) is 75.9 Å². The van der Waals surface area contributed by atoms with Crippen LogP contribution >= 0.6 is 15.9 Å². The fourth-order valence-corrected chi connectivity index (χ4v) is 3.90. The number of hydrogen-bond acceptors (Lipinski definition) is 4. The van der Waals surface area contributed by atoms with Gasteiger partial charge in [0.05, 0.1) is 25.3 Å². The fourth-order valence-electron chi connectivity index (χ4n) is 3.59. The van der Waals surface area contributed by atoms with Crippen molar-refractivity contribution >= 4 is 27.7 Å². The molecule has 0 aliphatic heterocycles. The highest BCUT2D eigenvalue weighted by Gasteiger charge is 2.25. The number of nitrogens with zero attached hydrogens (tertiary/aromatic N) is 2. The lowest BCUT2D eigenvalue weighted by molar-refractivity contribution is -0.121. The Morgan fingerprint density at radius 3 is 2.79 bits per heavy atom. The Morgan fingerprint density at radius 2 is 2.03 bits per heavy atom. The Kier molecular flexibility index (Phi) is 5.80. The van der Waals surface area contributed by atoms with Crippen LogP contribution in [0.15, 0.2) is 57.7 Å². The van der Waals surface area contributed by atoms with E-state index in [4.69, 9.17) is 4.42 Å².